The van der Waals surface area contributed by atoms with Crippen molar-refractivity contribution in [3.05, 3.63) is 0 Å². The summed E-state index contributed by atoms with van der Waals surface area (Å²) in [7, 11) is -2.68. The summed E-state index contributed by atoms with van der Waals surface area (Å²) in [6.07, 6.45) is 2.34. The first-order valence-corrected chi connectivity index (χ1v) is 7.09. The summed E-state index contributed by atoms with van der Waals surface area (Å²) >= 11 is 0. The van der Waals surface area contributed by atoms with E-state index in [2.05, 4.69) is 17.6 Å². The molecule has 2 N–H and O–H groups in total. The molecule has 14 heavy (non-hydrogen) atoms. The van der Waals surface area contributed by atoms with Crippen molar-refractivity contribution in [1.29, 1.82) is 0 Å². The van der Waals surface area contributed by atoms with E-state index in [-0.39, 0.29) is 6.04 Å². The molecular formula is C9H18N2O2S. The van der Waals surface area contributed by atoms with Crippen LogP contribution in [0.15, 0.2) is 0 Å². The minimum atomic E-state index is -2.68. The van der Waals surface area contributed by atoms with Crippen molar-refractivity contribution in [1.82, 2.24) is 10.6 Å². The predicted molar refractivity (Wildman–Crippen MR) is 56.1 cm³/mol. The number of hydrogen-bond acceptors (Lipinski definition) is 4. The third-order valence-corrected chi connectivity index (χ3v) is 4.94. The Bertz CT molecular complexity index is 290. The Hall–Kier alpha value is -0.130. The lowest BCUT2D eigenvalue weighted by Crippen LogP contribution is -2.60. The van der Waals surface area contributed by atoms with Gasteiger partial charge in [-0.1, -0.05) is 0 Å². The summed E-state index contributed by atoms with van der Waals surface area (Å²) in [5.74, 6) is 0.659. The summed E-state index contributed by atoms with van der Waals surface area (Å²) in [6.45, 7) is 3.24. The van der Waals surface area contributed by atoms with Gasteiger partial charge < -0.3 is 10.6 Å². The van der Waals surface area contributed by atoms with Crippen LogP contribution in [-0.2, 0) is 9.84 Å². The molecule has 0 aliphatic carbocycles. The highest BCUT2D eigenvalue weighted by Crippen LogP contribution is 2.15. The van der Waals surface area contributed by atoms with Gasteiger partial charge in [0.2, 0.25) is 0 Å². The van der Waals surface area contributed by atoms with Gasteiger partial charge in [-0.25, -0.2) is 8.42 Å². The third-order valence-electron chi connectivity index (χ3n) is 3.12. The largest absolute Gasteiger partial charge is 0.313 e. The van der Waals surface area contributed by atoms with Crippen molar-refractivity contribution in [3.8, 4) is 0 Å². The monoisotopic (exact) mass is 218 g/mol. The van der Waals surface area contributed by atoms with Crippen LogP contribution >= 0.6 is 0 Å². The van der Waals surface area contributed by atoms with Crippen molar-refractivity contribution in [3.63, 3.8) is 0 Å². The van der Waals surface area contributed by atoms with E-state index in [0.29, 0.717) is 23.6 Å². The fraction of sp³-hybridized carbons (Fsp3) is 1.00. The fourth-order valence-electron chi connectivity index (χ4n) is 2.23. The Morgan fingerprint density at radius 2 is 2.07 bits per heavy atom. The van der Waals surface area contributed by atoms with E-state index in [9.17, 15) is 8.42 Å². The number of rotatable bonds is 2. The Labute approximate surface area is 85.4 Å². The van der Waals surface area contributed by atoms with Crippen LogP contribution in [0.4, 0.5) is 0 Å². The number of sulfone groups is 1. The van der Waals surface area contributed by atoms with Gasteiger partial charge in [0.05, 0.1) is 11.5 Å². The van der Waals surface area contributed by atoms with Gasteiger partial charge in [-0.15, -0.1) is 0 Å². The zero-order chi connectivity index (χ0) is 10.2. The van der Waals surface area contributed by atoms with Crippen LogP contribution in [0.25, 0.3) is 0 Å². The van der Waals surface area contributed by atoms with Gasteiger partial charge in [0.15, 0.2) is 9.84 Å². The Balaban J connectivity index is 1.80. The maximum atomic E-state index is 11.0. The number of piperidine rings is 1. The van der Waals surface area contributed by atoms with Crippen molar-refractivity contribution >= 4 is 9.84 Å². The topological polar surface area (TPSA) is 58.2 Å². The molecule has 0 saturated carbocycles. The molecule has 0 radical (unpaired) electrons. The second kappa shape index (κ2) is 3.79. The molecule has 2 fully saturated rings. The van der Waals surface area contributed by atoms with Crippen LogP contribution in [0.2, 0.25) is 0 Å². The molecule has 0 bridgehead atoms. The Kier molecular flexibility index (Phi) is 2.81. The van der Waals surface area contributed by atoms with Crippen LogP contribution in [0.5, 0.6) is 0 Å². The van der Waals surface area contributed by atoms with Gasteiger partial charge in [-0.05, 0) is 26.3 Å². The highest BCUT2D eigenvalue weighted by Gasteiger charge is 2.35. The molecule has 0 aromatic rings. The lowest BCUT2D eigenvalue weighted by atomic mass is 9.99. The van der Waals surface area contributed by atoms with Crippen LogP contribution < -0.4 is 10.6 Å². The first kappa shape index (κ1) is 10.4. The summed E-state index contributed by atoms with van der Waals surface area (Å²) in [5.41, 5.74) is 0. The SMILES string of the molecule is CC1NCCCC1NC1CS(=O)(=O)C1. The molecule has 0 spiro atoms. The standard InChI is InChI=1S/C9H18N2O2S/c1-7-9(3-2-4-10-7)11-8-5-14(12,13)6-8/h7-11H,2-6H2,1H3. The van der Waals surface area contributed by atoms with E-state index in [4.69, 9.17) is 0 Å². The number of nitrogens with one attached hydrogen (secondary N) is 2. The second-order valence-corrected chi connectivity index (χ2v) is 6.59. The highest BCUT2D eigenvalue weighted by atomic mass is 32.2. The lowest BCUT2D eigenvalue weighted by molar-refractivity contribution is 0.297. The van der Waals surface area contributed by atoms with Gasteiger partial charge in [-0.2, -0.15) is 0 Å². The zero-order valence-corrected chi connectivity index (χ0v) is 9.31. The van der Waals surface area contributed by atoms with Gasteiger partial charge in [-0.3, -0.25) is 0 Å². The molecule has 2 atom stereocenters. The summed E-state index contributed by atoms with van der Waals surface area (Å²) in [4.78, 5) is 0. The van der Waals surface area contributed by atoms with Gasteiger partial charge in [0.1, 0.15) is 0 Å². The molecule has 0 aromatic carbocycles. The highest BCUT2D eigenvalue weighted by molar-refractivity contribution is 7.92. The smallest absolute Gasteiger partial charge is 0.153 e. The molecule has 2 aliphatic rings. The molecule has 82 valence electrons. The third kappa shape index (κ3) is 2.27. The molecule has 2 saturated heterocycles. The molecule has 0 amide bonds. The van der Waals surface area contributed by atoms with Crippen LogP contribution in [0, 0.1) is 0 Å². The second-order valence-electron chi connectivity index (χ2n) is 4.43. The minimum Gasteiger partial charge on any atom is -0.313 e. The van der Waals surface area contributed by atoms with Gasteiger partial charge in [0, 0.05) is 18.1 Å². The van der Waals surface area contributed by atoms with Crippen LogP contribution in [-0.4, -0.2) is 44.6 Å². The van der Waals surface area contributed by atoms with Crippen molar-refractivity contribution < 1.29 is 8.42 Å². The maximum absolute atomic E-state index is 11.0. The lowest BCUT2D eigenvalue weighted by Gasteiger charge is -2.37. The van der Waals surface area contributed by atoms with Crippen molar-refractivity contribution in [2.75, 3.05) is 18.1 Å². The molecule has 2 rings (SSSR count). The van der Waals surface area contributed by atoms with Crippen molar-refractivity contribution in [2.24, 2.45) is 0 Å². The average molecular weight is 218 g/mol. The van der Waals surface area contributed by atoms with E-state index in [0.717, 1.165) is 13.0 Å². The molecule has 2 unspecified atom stereocenters. The Morgan fingerprint density at radius 1 is 1.36 bits per heavy atom. The quantitative estimate of drug-likeness (QED) is 0.657. The molecular weight excluding hydrogens is 200 g/mol. The summed E-state index contributed by atoms with van der Waals surface area (Å²) < 4.78 is 21.9. The molecule has 2 heterocycles. The predicted octanol–water partition coefficient (Wildman–Crippen LogP) is -0.486. The van der Waals surface area contributed by atoms with E-state index < -0.39 is 9.84 Å². The Morgan fingerprint density at radius 3 is 2.64 bits per heavy atom. The van der Waals surface area contributed by atoms with E-state index >= 15 is 0 Å². The first-order chi connectivity index (χ1) is 6.57. The summed E-state index contributed by atoms with van der Waals surface area (Å²) in [5, 5.41) is 6.81. The van der Waals surface area contributed by atoms with E-state index in [1.165, 1.54) is 6.42 Å². The van der Waals surface area contributed by atoms with Gasteiger partial charge >= 0.3 is 0 Å². The fourth-order valence-corrected chi connectivity index (χ4v) is 3.56. The molecule has 4 nitrogen and oxygen atoms in total. The molecule has 2 aliphatic heterocycles. The molecule has 5 heteroatoms. The van der Waals surface area contributed by atoms with E-state index in [1.54, 1.807) is 0 Å². The normalized spacial score (nSPS) is 37.8. The summed E-state index contributed by atoms with van der Waals surface area (Å²) in [6, 6.07) is 1.11. The molecule has 0 aromatic heterocycles. The van der Waals surface area contributed by atoms with E-state index in [1.807, 2.05) is 0 Å². The maximum Gasteiger partial charge on any atom is 0.153 e. The zero-order valence-electron chi connectivity index (χ0n) is 8.49. The van der Waals surface area contributed by atoms with Gasteiger partial charge in [0.25, 0.3) is 0 Å². The van der Waals surface area contributed by atoms with Crippen LogP contribution in [0.3, 0.4) is 0 Å². The van der Waals surface area contributed by atoms with Crippen LogP contribution in [0.1, 0.15) is 19.8 Å². The average Bonchev–Trinajstić information content (AvgIpc) is 2.05. The number of hydrogen-bond donors (Lipinski definition) is 2. The first-order valence-electron chi connectivity index (χ1n) is 5.27. The minimum absolute atomic E-state index is 0.201. The van der Waals surface area contributed by atoms with Crippen molar-refractivity contribution in [2.45, 2.75) is 37.9 Å².